The molecule has 18 heavy (non-hydrogen) atoms. The quantitative estimate of drug-likeness (QED) is 0.465. The zero-order valence-corrected chi connectivity index (χ0v) is 9.88. The van der Waals surface area contributed by atoms with Crippen molar-refractivity contribution in [1.29, 1.82) is 10.5 Å². The van der Waals surface area contributed by atoms with Gasteiger partial charge in [-0.15, -0.1) is 0 Å². The van der Waals surface area contributed by atoms with Gasteiger partial charge in [0.1, 0.15) is 24.5 Å². The van der Waals surface area contributed by atoms with Crippen LogP contribution in [0, 0.1) is 22.7 Å². The number of benzene rings is 1. The molecule has 0 radical (unpaired) electrons. The third kappa shape index (κ3) is 4.52. The molecule has 1 aromatic carbocycles. The third-order valence-corrected chi connectivity index (χ3v) is 1.92. The molecule has 0 saturated carbocycles. The minimum Gasteiger partial charge on any atom is -0.491 e. The zero-order chi connectivity index (χ0) is 13.2. The first-order chi connectivity index (χ1) is 8.80. The molecule has 1 rings (SSSR count). The number of anilines is 1. The predicted octanol–water partition coefficient (Wildman–Crippen LogP) is 1.53. The molecule has 0 heterocycles. The number of nitrogens with zero attached hydrogens (tertiary/aromatic N) is 3. The highest BCUT2D eigenvalue weighted by atomic mass is 16.5. The van der Waals surface area contributed by atoms with Gasteiger partial charge in [-0.2, -0.15) is 15.6 Å². The number of hydrogen-bond acceptors (Lipinski definition) is 6. The molecule has 0 aromatic heterocycles. The summed E-state index contributed by atoms with van der Waals surface area (Å²) in [5.74, 6) is 0.711. The lowest BCUT2D eigenvalue weighted by molar-refractivity contribution is 0.146. The average Bonchev–Trinajstić information content (AvgIpc) is 2.42. The van der Waals surface area contributed by atoms with E-state index in [4.69, 9.17) is 20.0 Å². The van der Waals surface area contributed by atoms with E-state index in [0.29, 0.717) is 24.7 Å². The Balaban J connectivity index is 2.53. The normalized spacial score (nSPS) is 8.83. The number of nitriles is 2. The Morgan fingerprint density at radius 2 is 1.89 bits per heavy atom. The number of nitrogens with one attached hydrogen (secondary N) is 1. The van der Waals surface area contributed by atoms with E-state index in [1.54, 1.807) is 43.5 Å². The highest BCUT2D eigenvalue weighted by Crippen LogP contribution is 2.15. The van der Waals surface area contributed by atoms with Crippen molar-refractivity contribution >= 4 is 11.4 Å². The van der Waals surface area contributed by atoms with Crippen LogP contribution in [0.5, 0.6) is 5.75 Å². The summed E-state index contributed by atoms with van der Waals surface area (Å²) in [6.45, 7) is 1.01. The monoisotopic (exact) mass is 244 g/mol. The molecule has 0 atom stereocenters. The Morgan fingerprint density at radius 3 is 2.44 bits per heavy atom. The van der Waals surface area contributed by atoms with Crippen LogP contribution in [0.4, 0.5) is 5.69 Å². The molecule has 92 valence electrons. The molecule has 0 spiro atoms. The largest absolute Gasteiger partial charge is 0.491 e. The summed E-state index contributed by atoms with van der Waals surface area (Å²) in [6, 6.07) is 10.3. The first kappa shape index (κ1) is 13.5. The molecule has 6 nitrogen and oxygen atoms in total. The zero-order valence-electron chi connectivity index (χ0n) is 9.88. The van der Waals surface area contributed by atoms with E-state index in [1.807, 2.05) is 0 Å². The van der Waals surface area contributed by atoms with Crippen molar-refractivity contribution in [2.45, 2.75) is 0 Å². The van der Waals surface area contributed by atoms with Crippen LogP contribution in [-0.2, 0) is 4.74 Å². The minimum absolute atomic E-state index is 0.226. The molecule has 0 bridgehead atoms. The van der Waals surface area contributed by atoms with Gasteiger partial charge < -0.3 is 9.47 Å². The van der Waals surface area contributed by atoms with Crippen molar-refractivity contribution in [1.82, 2.24) is 0 Å². The van der Waals surface area contributed by atoms with Gasteiger partial charge in [0.15, 0.2) is 0 Å². The number of hydrazone groups is 1. The highest BCUT2D eigenvalue weighted by Gasteiger charge is 1.96. The molecular formula is C12H12N4O2. The molecule has 0 fully saturated rings. The van der Waals surface area contributed by atoms with Gasteiger partial charge >= 0.3 is 0 Å². The van der Waals surface area contributed by atoms with Crippen LogP contribution >= 0.6 is 0 Å². The third-order valence-electron chi connectivity index (χ3n) is 1.92. The summed E-state index contributed by atoms with van der Waals surface area (Å²) in [5, 5.41) is 20.6. The summed E-state index contributed by atoms with van der Waals surface area (Å²) in [6.07, 6.45) is 0. The van der Waals surface area contributed by atoms with E-state index in [2.05, 4.69) is 10.5 Å². The van der Waals surface area contributed by atoms with Crippen LogP contribution in [0.15, 0.2) is 29.4 Å². The maximum atomic E-state index is 8.49. The number of rotatable bonds is 6. The Hall–Kier alpha value is -2.57. The second kappa shape index (κ2) is 7.66. The summed E-state index contributed by atoms with van der Waals surface area (Å²) in [5.41, 5.74) is 3.04. The Morgan fingerprint density at radius 1 is 1.22 bits per heavy atom. The van der Waals surface area contributed by atoms with Gasteiger partial charge in [-0.3, -0.25) is 5.43 Å². The van der Waals surface area contributed by atoms with Crippen molar-refractivity contribution in [2.75, 3.05) is 25.7 Å². The first-order valence-electron chi connectivity index (χ1n) is 5.16. The van der Waals surface area contributed by atoms with Gasteiger partial charge in [0.2, 0.25) is 5.71 Å². The van der Waals surface area contributed by atoms with E-state index >= 15 is 0 Å². The fourth-order valence-corrected chi connectivity index (χ4v) is 1.06. The molecular weight excluding hydrogens is 232 g/mol. The maximum Gasteiger partial charge on any atom is 0.237 e. The van der Waals surface area contributed by atoms with Crippen molar-refractivity contribution in [2.24, 2.45) is 5.10 Å². The fourth-order valence-electron chi connectivity index (χ4n) is 1.06. The molecule has 0 amide bonds. The van der Waals surface area contributed by atoms with Gasteiger partial charge in [-0.05, 0) is 24.3 Å². The predicted molar refractivity (Wildman–Crippen MR) is 66.1 cm³/mol. The Kier molecular flexibility index (Phi) is 5.74. The van der Waals surface area contributed by atoms with Crippen molar-refractivity contribution in [3.8, 4) is 17.9 Å². The summed E-state index contributed by atoms with van der Waals surface area (Å²) >= 11 is 0. The molecule has 1 N–H and O–H groups in total. The van der Waals surface area contributed by atoms with E-state index < -0.39 is 0 Å². The SMILES string of the molecule is COCCOc1ccc(NN=C(C#N)C#N)cc1. The van der Waals surface area contributed by atoms with Crippen LogP contribution in [0.25, 0.3) is 0 Å². The van der Waals surface area contributed by atoms with Gasteiger partial charge in [-0.1, -0.05) is 0 Å². The molecule has 6 heteroatoms. The van der Waals surface area contributed by atoms with Crippen LogP contribution in [0.3, 0.4) is 0 Å². The first-order valence-corrected chi connectivity index (χ1v) is 5.16. The van der Waals surface area contributed by atoms with Crippen molar-refractivity contribution in [3.05, 3.63) is 24.3 Å². The van der Waals surface area contributed by atoms with Crippen LogP contribution in [0.2, 0.25) is 0 Å². The van der Waals surface area contributed by atoms with Gasteiger partial charge in [0.05, 0.1) is 12.3 Å². The Labute approximate surface area is 105 Å². The lowest BCUT2D eigenvalue weighted by Crippen LogP contribution is -2.04. The highest BCUT2D eigenvalue weighted by molar-refractivity contribution is 6.10. The lowest BCUT2D eigenvalue weighted by atomic mass is 10.3. The molecule has 0 aliphatic heterocycles. The van der Waals surface area contributed by atoms with Gasteiger partial charge in [0, 0.05) is 7.11 Å². The number of ether oxygens (including phenoxy) is 2. The molecule has 1 aromatic rings. The lowest BCUT2D eigenvalue weighted by Gasteiger charge is -2.06. The summed E-state index contributed by atoms with van der Waals surface area (Å²) < 4.78 is 10.2. The van der Waals surface area contributed by atoms with Crippen LogP contribution in [0.1, 0.15) is 0 Å². The van der Waals surface area contributed by atoms with E-state index in [-0.39, 0.29) is 5.71 Å². The van der Waals surface area contributed by atoms with E-state index in [0.717, 1.165) is 0 Å². The summed E-state index contributed by atoms with van der Waals surface area (Å²) in [7, 11) is 1.61. The van der Waals surface area contributed by atoms with Crippen LogP contribution < -0.4 is 10.2 Å². The average molecular weight is 244 g/mol. The van der Waals surface area contributed by atoms with Crippen molar-refractivity contribution < 1.29 is 9.47 Å². The molecule has 0 aliphatic rings. The Bertz CT molecular complexity index is 466. The molecule has 0 saturated heterocycles. The minimum atomic E-state index is -0.226. The van der Waals surface area contributed by atoms with Crippen LogP contribution in [-0.4, -0.2) is 26.0 Å². The molecule has 0 aliphatic carbocycles. The van der Waals surface area contributed by atoms with Gasteiger partial charge in [-0.25, -0.2) is 0 Å². The maximum absolute atomic E-state index is 8.49. The second-order valence-corrected chi connectivity index (χ2v) is 3.16. The van der Waals surface area contributed by atoms with Crippen molar-refractivity contribution in [3.63, 3.8) is 0 Å². The fraction of sp³-hybridized carbons (Fsp3) is 0.250. The van der Waals surface area contributed by atoms with Gasteiger partial charge in [0.25, 0.3) is 0 Å². The topological polar surface area (TPSA) is 90.4 Å². The number of hydrogen-bond donors (Lipinski definition) is 1. The number of methoxy groups -OCH3 is 1. The standard InChI is InChI=1S/C12H12N4O2/c1-17-6-7-18-12-4-2-10(3-5-12)15-16-11(8-13)9-14/h2-5,15H,6-7H2,1H3. The van der Waals surface area contributed by atoms with E-state index in [1.165, 1.54) is 0 Å². The summed E-state index contributed by atoms with van der Waals surface area (Å²) in [4.78, 5) is 0. The second-order valence-electron chi connectivity index (χ2n) is 3.16. The molecule has 0 unspecified atom stereocenters. The smallest absolute Gasteiger partial charge is 0.237 e. The van der Waals surface area contributed by atoms with E-state index in [9.17, 15) is 0 Å².